The molecule has 0 atom stereocenters. The van der Waals surface area contributed by atoms with Crippen LogP contribution in [0.25, 0.3) is 11.4 Å². The van der Waals surface area contributed by atoms with Gasteiger partial charge in [0.2, 0.25) is 0 Å². The van der Waals surface area contributed by atoms with E-state index < -0.39 is 10.8 Å². The number of hydrogen-bond acceptors (Lipinski definition) is 5. The summed E-state index contributed by atoms with van der Waals surface area (Å²) in [5.41, 5.74) is 1.64. The van der Waals surface area contributed by atoms with Crippen LogP contribution in [0.5, 0.6) is 0 Å². The normalized spacial score (nSPS) is 10.3. The van der Waals surface area contributed by atoms with Crippen molar-refractivity contribution in [2.24, 2.45) is 0 Å². The number of carbonyl (C=O) groups is 1. The number of nitro groups is 1. The summed E-state index contributed by atoms with van der Waals surface area (Å²) in [5.74, 6) is 0.164. The van der Waals surface area contributed by atoms with Gasteiger partial charge < -0.3 is 5.32 Å². The Morgan fingerprint density at radius 1 is 1.00 bits per heavy atom. The molecule has 0 fully saturated rings. The second-order valence-corrected chi connectivity index (χ2v) is 5.56. The first-order valence-electron chi connectivity index (χ1n) is 8.03. The summed E-state index contributed by atoms with van der Waals surface area (Å²) >= 11 is 0. The highest BCUT2D eigenvalue weighted by Gasteiger charge is 2.18. The molecule has 26 heavy (non-hydrogen) atoms. The molecule has 2 aromatic carbocycles. The molecule has 130 valence electrons. The van der Waals surface area contributed by atoms with E-state index in [2.05, 4.69) is 15.3 Å². The Morgan fingerprint density at radius 2 is 1.65 bits per heavy atom. The van der Waals surface area contributed by atoms with E-state index in [1.807, 2.05) is 30.3 Å². The molecule has 0 aliphatic heterocycles. The number of nitro benzene ring substituents is 1. The zero-order valence-corrected chi connectivity index (χ0v) is 13.8. The van der Waals surface area contributed by atoms with Gasteiger partial charge in [0.1, 0.15) is 5.56 Å². The van der Waals surface area contributed by atoms with Gasteiger partial charge in [-0.1, -0.05) is 42.5 Å². The van der Waals surface area contributed by atoms with Crippen LogP contribution in [-0.2, 0) is 6.42 Å². The van der Waals surface area contributed by atoms with Crippen molar-refractivity contribution in [2.75, 3.05) is 6.54 Å². The maximum absolute atomic E-state index is 12.2. The van der Waals surface area contributed by atoms with Gasteiger partial charge in [0, 0.05) is 30.6 Å². The topological polar surface area (TPSA) is 98.0 Å². The predicted molar refractivity (Wildman–Crippen MR) is 96.6 cm³/mol. The first-order valence-corrected chi connectivity index (χ1v) is 8.03. The summed E-state index contributed by atoms with van der Waals surface area (Å²) < 4.78 is 0. The van der Waals surface area contributed by atoms with Gasteiger partial charge in [-0.15, -0.1) is 0 Å². The van der Waals surface area contributed by atoms with Crippen LogP contribution in [0.15, 0.2) is 67.0 Å². The van der Waals surface area contributed by atoms with Crippen molar-refractivity contribution in [3.05, 3.63) is 88.2 Å². The molecule has 0 aliphatic rings. The summed E-state index contributed by atoms with van der Waals surface area (Å²) in [6, 6.07) is 15.5. The summed E-state index contributed by atoms with van der Waals surface area (Å²) in [6.07, 6.45) is 3.96. The van der Waals surface area contributed by atoms with E-state index in [-0.39, 0.29) is 11.3 Å². The molecule has 0 saturated carbocycles. The molecular formula is C19H16N4O3. The van der Waals surface area contributed by atoms with E-state index in [1.165, 1.54) is 18.2 Å². The van der Waals surface area contributed by atoms with Crippen LogP contribution in [0, 0.1) is 10.1 Å². The SMILES string of the molecule is O=C(NCCc1cnc(-c2ccccc2)nc1)c1ccccc1[N+](=O)[O-]. The number of nitrogens with one attached hydrogen (secondary N) is 1. The van der Waals surface area contributed by atoms with Gasteiger partial charge in [0.15, 0.2) is 5.82 Å². The average Bonchev–Trinajstić information content (AvgIpc) is 2.69. The number of para-hydroxylation sites is 1. The molecule has 0 unspecified atom stereocenters. The second kappa shape index (κ2) is 7.98. The lowest BCUT2D eigenvalue weighted by Gasteiger charge is -2.06. The van der Waals surface area contributed by atoms with Crippen molar-refractivity contribution >= 4 is 11.6 Å². The lowest BCUT2D eigenvalue weighted by molar-refractivity contribution is -0.385. The van der Waals surface area contributed by atoms with E-state index in [0.29, 0.717) is 18.8 Å². The van der Waals surface area contributed by atoms with Crippen molar-refractivity contribution in [1.82, 2.24) is 15.3 Å². The minimum atomic E-state index is -0.564. The van der Waals surface area contributed by atoms with Crippen LogP contribution in [-0.4, -0.2) is 27.3 Å². The predicted octanol–water partition coefficient (Wildman–Crippen LogP) is 3.02. The van der Waals surface area contributed by atoms with E-state index in [1.54, 1.807) is 18.5 Å². The van der Waals surface area contributed by atoms with Crippen molar-refractivity contribution in [2.45, 2.75) is 6.42 Å². The minimum absolute atomic E-state index is 0.0492. The fraction of sp³-hybridized carbons (Fsp3) is 0.105. The van der Waals surface area contributed by atoms with Gasteiger partial charge >= 0.3 is 0 Å². The van der Waals surface area contributed by atoms with Crippen molar-refractivity contribution in [3.63, 3.8) is 0 Å². The fourth-order valence-corrected chi connectivity index (χ4v) is 2.46. The Labute approximate surface area is 149 Å². The molecule has 1 heterocycles. The van der Waals surface area contributed by atoms with E-state index >= 15 is 0 Å². The van der Waals surface area contributed by atoms with Crippen LogP contribution in [0.1, 0.15) is 15.9 Å². The van der Waals surface area contributed by atoms with Gasteiger partial charge in [-0.25, -0.2) is 9.97 Å². The van der Waals surface area contributed by atoms with Gasteiger partial charge in [0.25, 0.3) is 11.6 Å². The molecule has 1 N–H and O–H groups in total. The Bertz CT molecular complexity index is 912. The molecule has 7 nitrogen and oxygen atoms in total. The largest absolute Gasteiger partial charge is 0.351 e. The van der Waals surface area contributed by atoms with Crippen molar-refractivity contribution in [1.29, 1.82) is 0 Å². The van der Waals surface area contributed by atoms with Crippen molar-refractivity contribution in [3.8, 4) is 11.4 Å². The number of rotatable bonds is 6. The molecule has 1 aromatic heterocycles. The van der Waals surface area contributed by atoms with E-state index in [0.717, 1.165) is 11.1 Å². The standard InChI is InChI=1S/C19H16N4O3/c24-19(16-8-4-5-9-17(16)23(25)26)20-11-10-14-12-21-18(22-13-14)15-6-2-1-3-7-15/h1-9,12-13H,10-11H2,(H,20,24). The van der Waals surface area contributed by atoms with Gasteiger partial charge in [-0.2, -0.15) is 0 Å². The monoisotopic (exact) mass is 348 g/mol. The summed E-state index contributed by atoms with van der Waals surface area (Å²) in [6.45, 7) is 0.332. The molecule has 0 saturated heterocycles. The highest BCUT2D eigenvalue weighted by molar-refractivity contribution is 5.98. The molecule has 3 aromatic rings. The van der Waals surface area contributed by atoms with Gasteiger partial charge in [-0.3, -0.25) is 14.9 Å². The lowest BCUT2D eigenvalue weighted by atomic mass is 10.1. The summed E-state index contributed by atoms with van der Waals surface area (Å²) in [4.78, 5) is 31.2. The Hall–Kier alpha value is -3.61. The van der Waals surface area contributed by atoms with Crippen LogP contribution in [0.2, 0.25) is 0 Å². The Kier molecular flexibility index (Phi) is 5.28. The molecule has 0 radical (unpaired) electrons. The maximum atomic E-state index is 12.2. The van der Waals surface area contributed by atoms with Crippen LogP contribution in [0.3, 0.4) is 0 Å². The first-order chi connectivity index (χ1) is 12.6. The zero-order chi connectivity index (χ0) is 18.4. The highest BCUT2D eigenvalue weighted by atomic mass is 16.6. The van der Waals surface area contributed by atoms with Crippen LogP contribution in [0.4, 0.5) is 5.69 Å². The number of amides is 1. The lowest BCUT2D eigenvalue weighted by Crippen LogP contribution is -2.26. The molecule has 1 amide bonds. The molecular weight excluding hydrogens is 332 g/mol. The minimum Gasteiger partial charge on any atom is -0.351 e. The Balaban J connectivity index is 1.58. The number of benzene rings is 2. The Morgan fingerprint density at radius 3 is 2.35 bits per heavy atom. The van der Waals surface area contributed by atoms with Gasteiger partial charge in [-0.05, 0) is 18.1 Å². The smallest absolute Gasteiger partial charge is 0.282 e. The summed E-state index contributed by atoms with van der Waals surface area (Å²) in [7, 11) is 0. The molecule has 0 bridgehead atoms. The third-order valence-corrected chi connectivity index (χ3v) is 3.78. The molecule has 3 rings (SSSR count). The van der Waals surface area contributed by atoms with Crippen LogP contribution >= 0.6 is 0 Å². The first kappa shape index (κ1) is 17.2. The van der Waals surface area contributed by atoms with Crippen molar-refractivity contribution < 1.29 is 9.72 Å². The number of hydrogen-bond donors (Lipinski definition) is 1. The third kappa shape index (κ3) is 4.07. The number of carbonyl (C=O) groups excluding carboxylic acids is 1. The maximum Gasteiger partial charge on any atom is 0.282 e. The molecule has 0 aliphatic carbocycles. The zero-order valence-electron chi connectivity index (χ0n) is 13.8. The number of nitrogens with zero attached hydrogens (tertiary/aromatic N) is 3. The van der Waals surface area contributed by atoms with Gasteiger partial charge in [0.05, 0.1) is 4.92 Å². The third-order valence-electron chi connectivity index (χ3n) is 3.78. The molecule has 0 spiro atoms. The fourth-order valence-electron chi connectivity index (χ4n) is 2.46. The van der Waals surface area contributed by atoms with Crippen LogP contribution < -0.4 is 5.32 Å². The summed E-state index contributed by atoms with van der Waals surface area (Å²) in [5, 5.41) is 13.7. The van der Waals surface area contributed by atoms with E-state index in [9.17, 15) is 14.9 Å². The average molecular weight is 348 g/mol. The highest BCUT2D eigenvalue weighted by Crippen LogP contribution is 2.17. The van der Waals surface area contributed by atoms with E-state index in [4.69, 9.17) is 0 Å². The quantitative estimate of drug-likeness (QED) is 0.545. The molecule has 7 heteroatoms. The second-order valence-electron chi connectivity index (χ2n) is 5.56. The number of aromatic nitrogens is 2.